The molecule has 0 saturated carbocycles. The molecule has 27 heavy (non-hydrogen) atoms. The van der Waals surface area contributed by atoms with Crippen molar-refractivity contribution in [1.29, 1.82) is 0 Å². The quantitative estimate of drug-likeness (QED) is 0.500. The Bertz CT molecular complexity index is 1160. The van der Waals surface area contributed by atoms with Crippen LogP contribution in [0.5, 0.6) is 0 Å². The van der Waals surface area contributed by atoms with Crippen LogP contribution in [0.4, 0.5) is 5.69 Å². The molecule has 0 bridgehead atoms. The average molecular weight is 358 g/mol. The molecule has 4 heteroatoms. The Kier molecular flexibility index (Phi) is 4.32. The zero-order valence-electron chi connectivity index (χ0n) is 15.5. The van der Waals surface area contributed by atoms with Crippen molar-refractivity contribution < 1.29 is 9.90 Å². The number of benzene rings is 3. The van der Waals surface area contributed by atoms with E-state index in [2.05, 4.69) is 59.3 Å². The van der Waals surface area contributed by atoms with Gasteiger partial charge in [0.25, 0.3) is 0 Å². The molecule has 0 radical (unpaired) electrons. The maximum Gasteiger partial charge on any atom is 0.335 e. The summed E-state index contributed by atoms with van der Waals surface area (Å²) >= 11 is 0. The van der Waals surface area contributed by atoms with E-state index in [-0.39, 0.29) is 0 Å². The fourth-order valence-corrected chi connectivity index (χ4v) is 3.74. The summed E-state index contributed by atoms with van der Waals surface area (Å²) in [6.45, 7) is 5.73. The van der Waals surface area contributed by atoms with E-state index in [9.17, 15) is 4.79 Å². The van der Waals surface area contributed by atoms with Crippen molar-refractivity contribution in [3.05, 3.63) is 77.4 Å². The molecule has 3 aromatic carbocycles. The SMILES string of the molecule is CCn1c2ccccc2c2cc(CNc3ccc(C(=O)O)cc3C)ccc21. The van der Waals surface area contributed by atoms with Crippen molar-refractivity contribution in [3.63, 3.8) is 0 Å². The van der Waals surface area contributed by atoms with Crippen LogP contribution in [-0.4, -0.2) is 15.6 Å². The number of aryl methyl sites for hydroxylation is 2. The molecule has 4 aromatic rings. The Morgan fingerprint density at radius 2 is 1.78 bits per heavy atom. The zero-order chi connectivity index (χ0) is 19.0. The summed E-state index contributed by atoms with van der Waals surface area (Å²) in [5, 5.41) is 15.1. The van der Waals surface area contributed by atoms with Gasteiger partial charge in [-0.1, -0.05) is 24.3 Å². The lowest BCUT2D eigenvalue weighted by atomic mass is 10.1. The molecule has 136 valence electrons. The van der Waals surface area contributed by atoms with E-state index in [0.29, 0.717) is 12.1 Å². The van der Waals surface area contributed by atoms with Crippen LogP contribution in [0.1, 0.15) is 28.4 Å². The number of aromatic carboxylic acids is 1. The van der Waals surface area contributed by atoms with Gasteiger partial charge in [0.2, 0.25) is 0 Å². The van der Waals surface area contributed by atoms with Crippen molar-refractivity contribution in [2.75, 3.05) is 5.32 Å². The van der Waals surface area contributed by atoms with Crippen LogP contribution in [0.2, 0.25) is 0 Å². The first-order valence-electron chi connectivity index (χ1n) is 9.16. The second-order valence-corrected chi connectivity index (χ2v) is 6.80. The van der Waals surface area contributed by atoms with Crippen LogP contribution in [0.25, 0.3) is 21.8 Å². The van der Waals surface area contributed by atoms with E-state index < -0.39 is 5.97 Å². The predicted octanol–water partition coefficient (Wildman–Crippen LogP) is 5.43. The van der Waals surface area contributed by atoms with Crippen LogP contribution in [-0.2, 0) is 13.1 Å². The molecule has 0 spiro atoms. The van der Waals surface area contributed by atoms with Gasteiger partial charge in [-0.3, -0.25) is 0 Å². The first kappa shape index (κ1) is 17.2. The molecular weight excluding hydrogens is 336 g/mol. The van der Waals surface area contributed by atoms with Gasteiger partial charge in [0.15, 0.2) is 0 Å². The number of carboxylic acid groups (broad SMARTS) is 1. The lowest BCUT2D eigenvalue weighted by Crippen LogP contribution is -2.03. The van der Waals surface area contributed by atoms with Crippen molar-refractivity contribution in [2.24, 2.45) is 0 Å². The summed E-state index contributed by atoms with van der Waals surface area (Å²) in [5.74, 6) is -0.901. The lowest BCUT2D eigenvalue weighted by molar-refractivity contribution is 0.0697. The number of para-hydroxylation sites is 1. The molecule has 0 atom stereocenters. The van der Waals surface area contributed by atoms with Crippen LogP contribution in [0.3, 0.4) is 0 Å². The number of nitrogens with zero attached hydrogens (tertiary/aromatic N) is 1. The van der Waals surface area contributed by atoms with Crippen molar-refractivity contribution in [3.8, 4) is 0 Å². The number of hydrogen-bond acceptors (Lipinski definition) is 2. The number of rotatable bonds is 5. The molecule has 0 saturated heterocycles. The largest absolute Gasteiger partial charge is 0.478 e. The van der Waals surface area contributed by atoms with Gasteiger partial charge in [-0.2, -0.15) is 0 Å². The van der Waals surface area contributed by atoms with Gasteiger partial charge >= 0.3 is 5.97 Å². The van der Waals surface area contributed by atoms with E-state index in [1.807, 2.05) is 13.0 Å². The summed E-state index contributed by atoms with van der Waals surface area (Å²) in [6.07, 6.45) is 0. The van der Waals surface area contributed by atoms with Gasteiger partial charge in [-0.05, 0) is 61.4 Å². The van der Waals surface area contributed by atoms with E-state index in [1.54, 1.807) is 12.1 Å². The second-order valence-electron chi connectivity index (χ2n) is 6.80. The van der Waals surface area contributed by atoms with Gasteiger partial charge in [-0.15, -0.1) is 0 Å². The predicted molar refractivity (Wildman–Crippen MR) is 111 cm³/mol. The third kappa shape index (κ3) is 3.04. The molecule has 0 aliphatic rings. The summed E-state index contributed by atoms with van der Waals surface area (Å²) in [4.78, 5) is 11.1. The number of fused-ring (bicyclic) bond motifs is 3. The smallest absolute Gasteiger partial charge is 0.335 e. The highest BCUT2D eigenvalue weighted by molar-refractivity contribution is 6.08. The Hall–Kier alpha value is -3.27. The van der Waals surface area contributed by atoms with E-state index in [4.69, 9.17) is 5.11 Å². The molecule has 2 N–H and O–H groups in total. The molecule has 4 nitrogen and oxygen atoms in total. The highest BCUT2D eigenvalue weighted by Crippen LogP contribution is 2.30. The molecule has 0 aliphatic heterocycles. The van der Waals surface area contributed by atoms with E-state index in [0.717, 1.165) is 17.8 Å². The van der Waals surface area contributed by atoms with Gasteiger partial charge in [0, 0.05) is 40.6 Å². The number of carboxylic acids is 1. The molecule has 4 rings (SSSR count). The summed E-state index contributed by atoms with van der Waals surface area (Å²) in [6, 6.07) is 20.3. The van der Waals surface area contributed by atoms with Crippen molar-refractivity contribution >= 4 is 33.5 Å². The highest BCUT2D eigenvalue weighted by atomic mass is 16.4. The Morgan fingerprint density at radius 3 is 2.52 bits per heavy atom. The fourth-order valence-electron chi connectivity index (χ4n) is 3.74. The summed E-state index contributed by atoms with van der Waals surface area (Å²) in [7, 11) is 0. The van der Waals surface area contributed by atoms with Crippen LogP contribution in [0, 0.1) is 6.92 Å². The Balaban J connectivity index is 1.65. The number of nitrogens with one attached hydrogen (secondary N) is 1. The minimum Gasteiger partial charge on any atom is -0.478 e. The third-order valence-corrected chi connectivity index (χ3v) is 5.11. The maximum atomic E-state index is 11.1. The van der Waals surface area contributed by atoms with Gasteiger partial charge in [0.1, 0.15) is 0 Å². The van der Waals surface area contributed by atoms with Crippen LogP contribution < -0.4 is 5.32 Å². The third-order valence-electron chi connectivity index (χ3n) is 5.11. The highest BCUT2D eigenvalue weighted by Gasteiger charge is 2.10. The van der Waals surface area contributed by atoms with E-state index >= 15 is 0 Å². The Labute approximate surface area is 158 Å². The van der Waals surface area contributed by atoms with Gasteiger partial charge in [0.05, 0.1) is 5.56 Å². The zero-order valence-corrected chi connectivity index (χ0v) is 15.5. The normalized spacial score (nSPS) is 11.2. The fraction of sp³-hybridized carbons (Fsp3) is 0.174. The number of hydrogen-bond donors (Lipinski definition) is 2. The lowest BCUT2D eigenvalue weighted by Gasteiger charge is -2.11. The van der Waals surface area contributed by atoms with Crippen molar-refractivity contribution in [2.45, 2.75) is 26.9 Å². The van der Waals surface area contributed by atoms with Crippen LogP contribution >= 0.6 is 0 Å². The second kappa shape index (κ2) is 6.80. The molecule has 0 aliphatic carbocycles. The first-order chi connectivity index (χ1) is 13.1. The van der Waals surface area contributed by atoms with Gasteiger partial charge in [-0.25, -0.2) is 4.79 Å². The first-order valence-corrected chi connectivity index (χ1v) is 9.16. The average Bonchev–Trinajstić information content (AvgIpc) is 3.00. The minimum atomic E-state index is -0.901. The summed E-state index contributed by atoms with van der Waals surface area (Å²) in [5.41, 5.74) is 5.91. The minimum absolute atomic E-state index is 0.312. The van der Waals surface area contributed by atoms with Gasteiger partial charge < -0.3 is 15.0 Å². The number of aromatic nitrogens is 1. The molecule has 1 aromatic heterocycles. The maximum absolute atomic E-state index is 11.1. The molecule has 1 heterocycles. The van der Waals surface area contributed by atoms with Crippen LogP contribution in [0.15, 0.2) is 60.7 Å². The topological polar surface area (TPSA) is 54.3 Å². The Morgan fingerprint density at radius 1 is 1.00 bits per heavy atom. The van der Waals surface area contributed by atoms with Crippen molar-refractivity contribution in [1.82, 2.24) is 4.57 Å². The van der Waals surface area contributed by atoms with E-state index in [1.165, 1.54) is 27.4 Å². The molecule has 0 unspecified atom stereocenters. The monoisotopic (exact) mass is 358 g/mol. The number of anilines is 1. The molecule has 0 fully saturated rings. The number of carbonyl (C=O) groups is 1. The standard InChI is InChI=1S/C23H22N2O2/c1-3-25-21-7-5-4-6-18(21)19-13-16(8-11-22(19)25)14-24-20-10-9-17(23(26)27)12-15(20)2/h4-13,24H,3,14H2,1-2H3,(H,26,27). The summed E-state index contributed by atoms with van der Waals surface area (Å²) < 4.78 is 2.34. The molecule has 0 amide bonds. The molecular formula is C23H22N2O2.